The molecular formula is C17H12N4. The molecular weight excluding hydrogens is 260 g/mol. The first-order valence-corrected chi connectivity index (χ1v) is 6.44. The maximum absolute atomic E-state index is 8.92. The van der Waals surface area contributed by atoms with Gasteiger partial charge >= 0.3 is 0 Å². The maximum Gasteiger partial charge on any atom is 0.141 e. The SMILES string of the molecule is N#Cc1ccc(N)c(C(=N)c2ccc3ccccc3c2)n1. The second kappa shape index (κ2) is 5.06. The molecule has 0 spiro atoms. The lowest BCUT2D eigenvalue weighted by atomic mass is 10.0. The molecule has 0 fully saturated rings. The lowest BCUT2D eigenvalue weighted by molar-refractivity contribution is 1.23. The van der Waals surface area contributed by atoms with Crippen LogP contribution in [0, 0.1) is 16.7 Å². The fourth-order valence-electron chi connectivity index (χ4n) is 2.21. The number of nitriles is 1. The molecule has 0 amide bonds. The molecule has 3 N–H and O–H groups in total. The van der Waals surface area contributed by atoms with E-state index in [1.807, 2.05) is 48.5 Å². The number of hydrogen-bond acceptors (Lipinski definition) is 4. The van der Waals surface area contributed by atoms with E-state index in [1.165, 1.54) is 0 Å². The van der Waals surface area contributed by atoms with Crippen LogP contribution in [0.4, 0.5) is 5.69 Å². The summed E-state index contributed by atoms with van der Waals surface area (Å²) in [6.45, 7) is 0. The molecule has 0 saturated carbocycles. The van der Waals surface area contributed by atoms with E-state index in [-0.39, 0.29) is 11.4 Å². The third-order valence-corrected chi connectivity index (χ3v) is 3.32. The van der Waals surface area contributed by atoms with Crippen molar-refractivity contribution in [3.05, 3.63) is 71.5 Å². The number of pyridine rings is 1. The van der Waals surface area contributed by atoms with Crippen LogP contribution in [0.25, 0.3) is 10.8 Å². The Morgan fingerprint density at radius 3 is 2.57 bits per heavy atom. The van der Waals surface area contributed by atoms with E-state index in [1.54, 1.807) is 12.1 Å². The molecule has 2 aromatic carbocycles. The smallest absolute Gasteiger partial charge is 0.141 e. The largest absolute Gasteiger partial charge is 0.397 e. The molecule has 4 nitrogen and oxygen atoms in total. The average molecular weight is 272 g/mol. The van der Waals surface area contributed by atoms with E-state index >= 15 is 0 Å². The molecule has 1 aromatic heterocycles. The molecule has 0 radical (unpaired) electrons. The predicted molar refractivity (Wildman–Crippen MR) is 83.2 cm³/mol. The quantitative estimate of drug-likeness (QED) is 0.703. The van der Waals surface area contributed by atoms with Crippen molar-refractivity contribution in [1.29, 1.82) is 10.7 Å². The minimum atomic E-state index is 0.218. The number of rotatable bonds is 2. The van der Waals surface area contributed by atoms with Gasteiger partial charge in [0.15, 0.2) is 0 Å². The van der Waals surface area contributed by atoms with Crippen LogP contribution in [0.3, 0.4) is 0 Å². The van der Waals surface area contributed by atoms with Gasteiger partial charge in [-0.05, 0) is 29.0 Å². The van der Waals surface area contributed by atoms with Gasteiger partial charge in [-0.15, -0.1) is 0 Å². The summed E-state index contributed by atoms with van der Waals surface area (Å²) in [6.07, 6.45) is 0. The van der Waals surface area contributed by atoms with Crippen LogP contribution in [-0.4, -0.2) is 10.7 Å². The number of nitrogen functional groups attached to an aromatic ring is 1. The highest BCUT2D eigenvalue weighted by molar-refractivity contribution is 6.13. The Hall–Kier alpha value is -3.19. The summed E-state index contributed by atoms with van der Waals surface area (Å²) in [7, 11) is 0. The predicted octanol–water partition coefficient (Wildman–Crippen LogP) is 3.10. The third kappa shape index (κ3) is 2.33. The fraction of sp³-hybridized carbons (Fsp3) is 0. The summed E-state index contributed by atoms with van der Waals surface area (Å²) < 4.78 is 0. The van der Waals surface area contributed by atoms with Crippen LogP contribution in [0.1, 0.15) is 17.0 Å². The number of aromatic nitrogens is 1. The lowest BCUT2D eigenvalue weighted by Gasteiger charge is -2.08. The summed E-state index contributed by atoms with van der Waals surface area (Å²) in [4.78, 5) is 4.14. The molecule has 0 atom stereocenters. The molecule has 0 aliphatic heterocycles. The zero-order valence-corrected chi connectivity index (χ0v) is 11.2. The van der Waals surface area contributed by atoms with Crippen molar-refractivity contribution < 1.29 is 0 Å². The minimum Gasteiger partial charge on any atom is -0.397 e. The molecule has 0 unspecified atom stereocenters. The van der Waals surface area contributed by atoms with Gasteiger partial charge in [0, 0.05) is 5.56 Å². The summed E-state index contributed by atoms with van der Waals surface area (Å²) in [5.74, 6) is 0. The van der Waals surface area contributed by atoms with Crippen molar-refractivity contribution in [3.63, 3.8) is 0 Å². The van der Waals surface area contributed by atoms with Crippen molar-refractivity contribution in [3.8, 4) is 6.07 Å². The standard InChI is InChI=1S/C17H12N4/c18-10-14-7-8-15(19)17(21-14)16(20)13-6-5-11-3-1-2-4-12(11)9-13/h1-9,20H,19H2. The Labute approximate surface area is 122 Å². The van der Waals surface area contributed by atoms with Gasteiger partial charge in [-0.1, -0.05) is 36.4 Å². The minimum absolute atomic E-state index is 0.218. The number of anilines is 1. The van der Waals surface area contributed by atoms with Crippen molar-refractivity contribution in [2.75, 3.05) is 5.73 Å². The Balaban J connectivity index is 2.10. The molecule has 1 heterocycles. The van der Waals surface area contributed by atoms with Gasteiger partial charge in [0.25, 0.3) is 0 Å². The molecule has 0 aliphatic carbocycles. The van der Waals surface area contributed by atoms with Crippen molar-refractivity contribution in [1.82, 2.24) is 4.98 Å². The van der Waals surface area contributed by atoms with E-state index < -0.39 is 0 Å². The molecule has 0 saturated heterocycles. The number of hydrogen-bond donors (Lipinski definition) is 2. The summed E-state index contributed by atoms with van der Waals surface area (Å²) in [5.41, 5.74) is 7.81. The lowest BCUT2D eigenvalue weighted by Crippen LogP contribution is -2.09. The maximum atomic E-state index is 8.92. The van der Waals surface area contributed by atoms with Crippen LogP contribution >= 0.6 is 0 Å². The Morgan fingerprint density at radius 1 is 1.05 bits per heavy atom. The van der Waals surface area contributed by atoms with Gasteiger partial charge < -0.3 is 5.73 Å². The summed E-state index contributed by atoms with van der Waals surface area (Å²) >= 11 is 0. The van der Waals surface area contributed by atoms with Gasteiger partial charge in [0.2, 0.25) is 0 Å². The normalized spacial score (nSPS) is 10.2. The van der Waals surface area contributed by atoms with Gasteiger partial charge in [0.05, 0.1) is 11.4 Å². The Kier molecular flexibility index (Phi) is 3.09. The summed E-state index contributed by atoms with van der Waals surface area (Å²) in [5, 5.41) is 19.4. The first-order valence-electron chi connectivity index (χ1n) is 6.44. The van der Waals surface area contributed by atoms with Gasteiger partial charge in [0.1, 0.15) is 17.5 Å². The van der Waals surface area contributed by atoms with Gasteiger partial charge in [-0.2, -0.15) is 5.26 Å². The first-order chi connectivity index (χ1) is 10.2. The zero-order chi connectivity index (χ0) is 14.8. The highest BCUT2D eigenvalue weighted by Gasteiger charge is 2.11. The zero-order valence-electron chi connectivity index (χ0n) is 11.2. The van der Waals surface area contributed by atoms with Crippen LogP contribution < -0.4 is 5.73 Å². The molecule has 0 bridgehead atoms. The molecule has 0 aliphatic rings. The molecule has 3 aromatic rings. The number of nitrogens with two attached hydrogens (primary N) is 1. The van der Waals surface area contributed by atoms with Crippen LogP contribution in [0.5, 0.6) is 0 Å². The number of nitrogens with one attached hydrogen (secondary N) is 1. The fourth-order valence-corrected chi connectivity index (χ4v) is 2.21. The van der Waals surface area contributed by atoms with E-state index in [0.717, 1.165) is 16.3 Å². The average Bonchev–Trinajstić information content (AvgIpc) is 2.54. The van der Waals surface area contributed by atoms with E-state index in [4.69, 9.17) is 16.4 Å². The van der Waals surface area contributed by atoms with E-state index in [0.29, 0.717) is 11.4 Å². The number of nitrogens with zero attached hydrogens (tertiary/aromatic N) is 2. The summed E-state index contributed by atoms with van der Waals surface area (Å²) in [6, 6.07) is 18.8. The second-order valence-corrected chi connectivity index (χ2v) is 4.68. The van der Waals surface area contributed by atoms with Gasteiger partial charge in [-0.3, -0.25) is 5.41 Å². The van der Waals surface area contributed by atoms with Crippen LogP contribution in [0.2, 0.25) is 0 Å². The monoisotopic (exact) mass is 272 g/mol. The number of benzene rings is 2. The van der Waals surface area contributed by atoms with E-state index in [9.17, 15) is 0 Å². The van der Waals surface area contributed by atoms with Crippen molar-refractivity contribution in [2.45, 2.75) is 0 Å². The van der Waals surface area contributed by atoms with Crippen molar-refractivity contribution in [2.24, 2.45) is 0 Å². The van der Waals surface area contributed by atoms with Crippen molar-refractivity contribution >= 4 is 22.2 Å². The van der Waals surface area contributed by atoms with Gasteiger partial charge in [-0.25, -0.2) is 4.98 Å². The highest BCUT2D eigenvalue weighted by atomic mass is 14.8. The van der Waals surface area contributed by atoms with Crippen LogP contribution in [0.15, 0.2) is 54.6 Å². The second-order valence-electron chi connectivity index (χ2n) is 4.68. The third-order valence-electron chi connectivity index (χ3n) is 3.32. The molecule has 3 rings (SSSR count). The molecule has 21 heavy (non-hydrogen) atoms. The van der Waals surface area contributed by atoms with E-state index in [2.05, 4.69) is 4.98 Å². The molecule has 100 valence electrons. The van der Waals surface area contributed by atoms with Crippen LogP contribution in [-0.2, 0) is 0 Å². The Morgan fingerprint density at radius 2 is 1.81 bits per heavy atom. The molecule has 4 heteroatoms. The number of fused-ring (bicyclic) bond motifs is 1. The Bertz CT molecular complexity index is 891. The topological polar surface area (TPSA) is 86.5 Å². The first kappa shape index (κ1) is 12.8. The highest BCUT2D eigenvalue weighted by Crippen LogP contribution is 2.20.